The second kappa shape index (κ2) is 6.17. The zero-order chi connectivity index (χ0) is 16.3. The number of hydrogen-bond donors (Lipinski definition) is 1. The predicted molar refractivity (Wildman–Crippen MR) is 79.4 cm³/mol. The number of nitriles is 2. The maximum atomic E-state index is 12.1. The number of carbonyl (C=O) groups is 2. The van der Waals surface area contributed by atoms with Gasteiger partial charge in [0, 0.05) is 10.4 Å². The van der Waals surface area contributed by atoms with Crippen molar-refractivity contribution < 1.29 is 9.59 Å². The molecule has 0 saturated carbocycles. The lowest BCUT2D eigenvalue weighted by atomic mass is 9.58. The molecule has 1 aliphatic heterocycles. The van der Waals surface area contributed by atoms with Gasteiger partial charge in [0.2, 0.25) is 11.8 Å². The molecule has 22 heavy (non-hydrogen) atoms. The maximum absolute atomic E-state index is 12.1. The molecular weight excluding hydrogens is 302 g/mol. The van der Waals surface area contributed by atoms with Crippen molar-refractivity contribution in [1.29, 1.82) is 10.5 Å². The minimum absolute atomic E-state index is 0.379. The minimum Gasteiger partial charge on any atom is -0.294 e. The standard InChI is InChI=1S/C16H14ClN3O2/c1-2-7-16(10-3-5-11(17)6-4-10)12(8-18)14(21)20-15(22)13(16)9-19/h3-6,12-13H,2,7H2,1H3,(H,20,21,22). The van der Waals surface area contributed by atoms with Gasteiger partial charge in [-0.05, 0) is 24.1 Å². The van der Waals surface area contributed by atoms with Crippen LogP contribution in [0.15, 0.2) is 24.3 Å². The van der Waals surface area contributed by atoms with E-state index in [1.165, 1.54) is 0 Å². The molecule has 2 unspecified atom stereocenters. The van der Waals surface area contributed by atoms with E-state index in [1.54, 1.807) is 24.3 Å². The highest BCUT2D eigenvalue weighted by molar-refractivity contribution is 6.30. The molecule has 6 heteroatoms. The van der Waals surface area contributed by atoms with Crippen LogP contribution in [0.3, 0.4) is 0 Å². The maximum Gasteiger partial charge on any atom is 0.244 e. The molecule has 1 fully saturated rings. The SMILES string of the molecule is CCCC1(c2ccc(Cl)cc2)C(C#N)C(=O)NC(=O)C1C#N. The van der Waals surface area contributed by atoms with Crippen LogP contribution in [0.5, 0.6) is 0 Å². The van der Waals surface area contributed by atoms with Gasteiger partial charge in [0.05, 0.1) is 12.1 Å². The van der Waals surface area contributed by atoms with Crippen molar-refractivity contribution in [2.75, 3.05) is 0 Å². The number of nitrogens with one attached hydrogen (secondary N) is 1. The van der Waals surface area contributed by atoms with E-state index in [0.717, 1.165) is 0 Å². The normalized spacial score (nSPS) is 27.6. The Hall–Kier alpha value is -2.37. The number of piperidine rings is 1. The molecule has 1 aromatic carbocycles. The fraction of sp³-hybridized carbons (Fsp3) is 0.375. The lowest BCUT2D eigenvalue weighted by Crippen LogP contribution is -2.59. The van der Waals surface area contributed by atoms with Crippen LogP contribution in [0.1, 0.15) is 25.3 Å². The molecule has 1 aliphatic rings. The molecule has 2 rings (SSSR count). The molecule has 1 aromatic rings. The molecule has 0 aromatic heterocycles. The third-order valence-corrected chi connectivity index (χ3v) is 4.36. The average molecular weight is 316 g/mol. The number of carbonyl (C=O) groups excluding carboxylic acids is 2. The Morgan fingerprint density at radius 3 is 2.05 bits per heavy atom. The van der Waals surface area contributed by atoms with E-state index >= 15 is 0 Å². The van der Waals surface area contributed by atoms with Gasteiger partial charge in [-0.1, -0.05) is 37.1 Å². The first-order valence-electron chi connectivity index (χ1n) is 6.91. The van der Waals surface area contributed by atoms with Crippen LogP contribution in [0.25, 0.3) is 0 Å². The smallest absolute Gasteiger partial charge is 0.244 e. The van der Waals surface area contributed by atoms with Gasteiger partial charge in [-0.3, -0.25) is 14.9 Å². The van der Waals surface area contributed by atoms with Gasteiger partial charge in [0.25, 0.3) is 0 Å². The minimum atomic E-state index is -1.15. The van der Waals surface area contributed by atoms with E-state index in [-0.39, 0.29) is 0 Å². The summed E-state index contributed by atoms with van der Waals surface area (Å²) >= 11 is 5.89. The van der Waals surface area contributed by atoms with Crippen molar-refractivity contribution in [3.05, 3.63) is 34.9 Å². The van der Waals surface area contributed by atoms with Gasteiger partial charge < -0.3 is 0 Å². The first kappa shape index (κ1) is 16.0. The zero-order valence-corrected chi connectivity index (χ0v) is 12.7. The topological polar surface area (TPSA) is 93.8 Å². The Balaban J connectivity index is 2.73. The highest BCUT2D eigenvalue weighted by Gasteiger charge is 2.56. The van der Waals surface area contributed by atoms with Crippen molar-refractivity contribution in [2.24, 2.45) is 11.8 Å². The summed E-state index contributed by atoms with van der Waals surface area (Å²) in [4.78, 5) is 24.3. The fourth-order valence-corrected chi connectivity index (χ4v) is 3.31. The largest absolute Gasteiger partial charge is 0.294 e. The van der Waals surface area contributed by atoms with E-state index in [4.69, 9.17) is 11.6 Å². The molecule has 1 saturated heterocycles. The molecule has 0 spiro atoms. The van der Waals surface area contributed by atoms with E-state index < -0.39 is 29.1 Å². The number of halogens is 1. The van der Waals surface area contributed by atoms with Crippen LogP contribution in [0.2, 0.25) is 5.02 Å². The number of hydrogen-bond acceptors (Lipinski definition) is 4. The molecule has 2 atom stereocenters. The summed E-state index contributed by atoms with van der Waals surface area (Å²) in [5, 5.41) is 21.6. The number of nitrogens with zero attached hydrogens (tertiary/aromatic N) is 2. The van der Waals surface area contributed by atoms with Crippen molar-refractivity contribution in [3.8, 4) is 12.1 Å². The number of imide groups is 1. The highest BCUT2D eigenvalue weighted by Crippen LogP contribution is 2.46. The number of benzene rings is 1. The second-order valence-corrected chi connectivity index (χ2v) is 5.71. The van der Waals surface area contributed by atoms with Crippen LogP contribution in [0.4, 0.5) is 0 Å². The molecule has 2 amide bonds. The van der Waals surface area contributed by atoms with Crippen LogP contribution in [-0.4, -0.2) is 11.8 Å². The third-order valence-electron chi connectivity index (χ3n) is 4.10. The van der Waals surface area contributed by atoms with Gasteiger partial charge >= 0.3 is 0 Å². The van der Waals surface area contributed by atoms with Crippen LogP contribution in [-0.2, 0) is 15.0 Å². The predicted octanol–water partition coefficient (Wildman–Crippen LogP) is 2.31. The molecule has 0 aliphatic carbocycles. The van der Waals surface area contributed by atoms with E-state index in [0.29, 0.717) is 23.4 Å². The van der Waals surface area contributed by atoms with Crippen LogP contribution < -0.4 is 5.32 Å². The summed E-state index contributed by atoms with van der Waals surface area (Å²) in [5.74, 6) is -3.50. The summed E-state index contributed by atoms with van der Waals surface area (Å²) in [5.41, 5.74) is -0.539. The third kappa shape index (κ3) is 2.34. The highest BCUT2D eigenvalue weighted by atomic mass is 35.5. The Kier molecular flexibility index (Phi) is 4.49. The lowest BCUT2D eigenvalue weighted by molar-refractivity contribution is -0.141. The van der Waals surface area contributed by atoms with Gasteiger partial charge in [-0.15, -0.1) is 0 Å². The number of amides is 2. The molecule has 0 radical (unpaired) electrons. The Labute approximate surface area is 133 Å². The van der Waals surface area contributed by atoms with Crippen molar-refractivity contribution in [3.63, 3.8) is 0 Å². The van der Waals surface area contributed by atoms with Crippen molar-refractivity contribution in [1.82, 2.24) is 5.32 Å². The van der Waals surface area contributed by atoms with Crippen molar-refractivity contribution >= 4 is 23.4 Å². The molecule has 112 valence electrons. The Morgan fingerprint density at radius 2 is 1.64 bits per heavy atom. The Bertz CT molecular complexity index is 653. The van der Waals surface area contributed by atoms with Gasteiger partial charge in [-0.2, -0.15) is 10.5 Å². The molecule has 0 bridgehead atoms. The van der Waals surface area contributed by atoms with Crippen LogP contribution >= 0.6 is 11.6 Å². The van der Waals surface area contributed by atoms with Gasteiger partial charge in [0.15, 0.2) is 0 Å². The summed E-state index contributed by atoms with van der Waals surface area (Å²) in [6.07, 6.45) is 1.00. The van der Waals surface area contributed by atoms with Crippen LogP contribution in [0, 0.1) is 34.5 Å². The van der Waals surface area contributed by atoms with E-state index in [1.807, 2.05) is 19.1 Å². The first-order valence-corrected chi connectivity index (χ1v) is 7.29. The van der Waals surface area contributed by atoms with E-state index in [2.05, 4.69) is 5.32 Å². The summed E-state index contributed by atoms with van der Waals surface area (Å²) < 4.78 is 0. The first-order chi connectivity index (χ1) is 10.5. The lowest BCUT2D eigenvalue weighted by Gasteiger charge is -2.43. The number of rotatable bonds is 3. The summed E-state index contributed by atoms with van der Waals surface area (Å²) in [6.45, 7) is 1.89. The second-order valence-electron chi connectivity index (χ2n) is 5.27. The fourth-order valence-electron chi connectivity index (χ4n) is 3.19. The summed E-state index contributed by atoms with van der Waals surface area (Å²) in [7, 11) is 0. The van der Waals surface area contributed by atoms with E-state index in [9.17, 15) is 20.1 Å². The van der Waals surface area contributed by atoms with Gasteiger partial charge in [-0.25, -0.2) is 0 Å². The molecular formula is C16H14ClN3O2. The molecule has 5 nitrogen and oxygen atoms in total. The molecule has 1 N–H and O–H groups in total. The van der Waals surface area contributed by atoms with Crippen molar-refractivity contribution in [2.45, 2.75) is 25.2 Å². The van der Waals surface area contributed by atoms with Gasteiger partial charge in [0.1, 0.15) is 11.8 Å². The average Bonchev–Trinajstić information content (AvgIpc) is 2.48. The Morgan fingerprint density at radius 1 is 1.14 bits per heavy atom. The summed E-state index contributed by atoms with van der Waals surface area (Å²) in [6, 6.07) is 10.6. The molecule has 1 heterocycles. The monoisotopic (exact) mass is 315 g/mol. The quantitative estimate of drug-likeness (QED) is 0.866. The zero-order valence-electron chi connectivity index (χ0n) is 12.0.